The van der Waals surface area contributed by atoms with Gasteiger partial charge in [0.05, 0.1) is 18.5 Å². The predicted octanol–water partition coefficient (Wildman–Crippen LogP) is 4.67. The van der Waals surface area contributed by atoms with E-state index in [1.807, 2.05) is 13.2 Å². The second-order valence-corrected chi connectivity index (χ2v) is 12.6. The van der Waals surface area contributed by atoms with Crippen molar-refractivity contribution in [1.82, 2.24) is 24.8 Å². The van der Waals surface area contributed by atoms with Crippen molar-refractivity contribution in [1.29, 1.82) is 0 Å². The number of aromatic nitrogens is 3. The summed E-state index contributed by atoms with van der Waals surface area (Å²) >= 11 is 0. The highest BCUT2D eigenvalue weighted by molar-refractivity contribution is 5.98. The molecule has 10 heteroatoms. The molecule has 0 amide bonds. The van der Waals surface area contributed by atoms with E-state index in [1.165, 1.54) is 39.0 Å². The van der Waals surface area contributed by atoms with E-state index in [0.29, 0.717) is 12.1 Å². The minimum absolute atomic E-state index is 0.215. The summed E-state index contributed by atoms with van der Waals surface area (Å²) < 4.78 is 11.6. The Labute approximate surface area is 256 Å². The number of rotatable bonds is 8. The normalized spacial score (nSPS) is 19.7. The Bertz CT molecular complexity index is 1390. The van der Waals surface area contributed by atoms with Crippen LogP contribution in [0.3, 0.4) is 0 Å². The van der Waals surface area contributed by atoms with Crippen molar-refractivity contribution in [3.05, 3.63) is 30.1 Å². The number of hydrogen-bond donors (Lipinski definition) is 2. The minimum Gasteiger partial charge on any atom is -0.495 e. The van der Waals surface area contributed by atoms with Crippen molar-refractivity contribution in [2.45, 2.75) is 57.5 Å². The van der Waals surface area contributed by atoms with Gasteiger partial charge in [0.15, 0.2) is 5.82 Å². The SMILES string of the molecule is CNc1ncc(-c2ccc(N3CCC(N4CCN(C)CC4)CC3)c(OC)c2)c2nc(NC3CCOCC3)c(C(C)C)nc12. The molecule has 0 saturated carbocycles. The molecule has 3 saturated heterocycles. The summed E-state index contributed by atoms with van der Waals surface area (Å²) in [6.45, 7) is 12.7. The number of anilines is 3. The maximum atomic E-state index is 6.00. The molecule has 0 unspecified atom stereocenters. The average Bonchev–Trinajstić information content (AvgIpc) is 3.04. The molecule has 3 fully saturated rings. The van der Waals surface area contributed by atoms with Crippen LogP contribution < -0.4 is 20.3 Å². The van der Waals surface area contributed by atoms with Crippen LogP contribution >= 0.6 is 0 Å². The molecule has 0 radical (unpaired) electrons. The van der Waals surface area contributed by atoms with Gasteiger partial charge in [-0.15, -0.1) is 0 Å². The smallest absolute Gasteiger partial charge is 0.153 e. The van der Waals surface area contributed by atoms with E-state index in [1.54, 1.807) is 7.11 Å². The molecule has 2 N–H and O–H groups in total. The highest BCUT2D eigenvalue weighted by Crippen LogP contribution is 2.38. The summed E-state index contributed by atoms with van der Waals surface area (Å²) in [5, 5.41) is 6.94. The molecule has 1 aromatic carbocycles. The number of benzene rings is 1. The fraction of sp³-hybridized carbons (Fsp3) is 0.606. The van der Waals surface area contributed by atoms with E-state index in [4.69, 9.17) is 24.4 Å². The minimum atomic E-state index is 0.215. The lowest BCUT2D eigenvalue weighted by molar-refractivity contribution is 0.0903. The molecule has 0 bridgehead atoms. The molecule has 3 aromatic rings. The third-order valence-corrected chi connectivity index (χ3v) is 9.42. The van der Waals surface area contributed by atoms with Gasteiger partial charge < -0.3 is 29.9 Å². The van der Waals surface area contributed by atoms with Gasteiger partial charge >= 0.3 is 0 Å². The highest BCUT2D eigenvalue weighted by Gasteiger charge is 2.28. The number of nitrogens with one attached hydrogen (secondary N) is 2. The molecular formula is C33H48N8O2. The number of nitrogens with zero attached hydrogens (tertiary/aromatic N) is 6. The van der Waals surface area contributed by atoms with E-state index in [9.17, 15) is 0 Å². The summed E-state index contributed by atoms with van der Waals surface area (Å²) in [6, 6.07) is 7.53. The van der Waals surface area contributed by atoms with E-state index in [-0.39, 0.29) is 5.92 Å². The largest absolute Gasteiger partial charge is 0.495 e. The van der Waals surface area contributed by atoms with Gasteiger partial charge in [-0.3, -0.25) is 4.90 Å². The van der Waals surface area contributed by atoms with Crippen molar-refractivity contribution in [2.24, 2.45) is 0 Å². The van der Waals surface area contributed by atoms with Crippen LogP contribution in [0.15, 0.2) is 24.4 Å². The fourth-order valence-corrected chi connectivity index (χ4v) is 6.76. The van der Waals surface area contributed by atoms with Gasteiger partial charge in [0.25, 0.3) is 0 Å². The van der Waals surface area contributed by atoms with Crippen LogP contribution in [0.2, 0.25) is 0 Å². The molecule has 0 spiro atoms. The van der Waals surface area contributed by atoms with Gasteiger partial charge in [-0.2, -0.15) is 0 Å². The van der Waals surface area contributed by atoms with E-state index in [2.05, 4.69) is 64.4 Å². The Hall–Kier alpha value is -3.21. The summed E-state index contributed by atoms with van der Waals surface area (Å²) in [7, 11) is 5.88. The van der Waals surface area contributed by atoms with Gasteiger partial charge in [-0.05, 0) is 56.3 Å². The van der Waals surface area contributed by atoms with Crippen molar-refractivity contribution in [3.63, 3.8) is 0 Å². The highest BCUT2D eigenvalue weighted by atomic mass is 16.5. The van der Waals surface area contributed by atoms with Crippen LogP contribution in [-0.4, -0.2) is 111 Å². The Morgan fingerprint density at radius 3 is 2.35 bits per heavy atom. The molecule has 0 atom stereocenters. The number of methoxy groups -OCH3 is 1. The monoisotopic (exact) mass is 588 g/mol. The molecule has 5 heterocycles. The number of pyridine rings is 1. The van der Waals surface area contributed by atoms with Gasteiger partial charge in [0.1, 0.15) is 22.6 Å². The average molecular weight is 589 g/mol. The molecule has 10 nitrogen and oxygen atoms in total. The maximum absolute atomic E-state index is 6.00. The van der Waals surface area contributed by atoms with Gasteiger partial charge in [-0.25, -0.2) is 15.0 Å². The van der Waals surface area contributed by atoms with Crippen molar-refractivity contribution >= 4 is 28.4 Å². The number of fused-ring (bicyclic) bond motifs is 1. The van der Waals surface area contributed by atoms with Gasteiger partial charge in [-0.1, -0.05) is 19.9 Å². The van der Waals surface area contributed by atoms with E-state index in [0.717, 1.165) is 90.1 Å². The van der Waals surface area contributed by atoms with Crippen LogP contribution in [0.5, 0.6) is 5.75 Å². The topological polar surface area (TPSA) is 90.9 Å². The zero-order chi connectivity index (χ0) is 29.9. The molecule has 3 aliphatic heterocycles. The standard InChI is InChI=1S/C33H48N8O2/c1-22(2)29-33(36-24-10-18-43-19-11-24)38-30-26(21-35-32(34-3)31(30)37-29)23-6-7-27(28(20-23)42-5)41-12-8-25(9-13-41)40-16-14-39(4)15-17-40/h6-7,20-22,24-25H,8-19H2,1-5H3,(H,34,35)(H,36,38). The summed E-state index contributed by atoms with van der Waals surface area (Å²) in [5.74, 6) is 2.69. The van der Waals surface area contributed by atoms with Crippen LogP contribution in [0.25, 0.3) is 22.2 Å². The lowest BCUT2D eigenvalue weighted by Crippen LogP contribution is -2.52. The predicted molar refractivity (Wildman–Crippen MR) is 175 cm³/mol. The van der Waals surface area contributed by atoms with Gasteiger partial charge in [0.2, 0.25) is 0 Å². The molecular weight excluding hydrogens is 540 g/mol. The maximum Gasteiger partial charge on any atom is 0.153 e. The van der Waals surface area contributed by atoms with Crippen LogP contribution in [-0.2, 0) is 4.74 Å². The van der Waals surface area contributed by atoms with Crippen molar-refractivity contribution in [2.75, 3.05) is 89.2 Å². The first kappa shape index (κ1) is 29.8. The zero-order valence-electron chi connectivity index (χ0n) is 26.5. The van der Waals surface area contributed by atoms with E-state index >= 15 is 0 Å². The number of hydrogen-bond acceptors (Lipinski definition) is 10. The molecule has 43 heavy (non-hydrogen) atoms. The Morgan fingerprint density at radius 1 is 0.930 bits per heavy atom. The fourth-order valence-electron chi connectivity index (χ4n) is 6.76. The first-order valence-corrected chi connectivity index (χ1v) is 16.0. The van der Waals surface area contributed by atoms with Crippen LogP contribution in [0.4, 0.5) is 17.3 Å². The Kier molecular flexibility index (Phi) is 9.16. The lowest BCUT2D eigenvalue weighted by Gasteiger charge is -2.42. The van der Waals surface area contributed by atoms with E-state index < -0.39 is 0 Å². The second-order valence-electron chi connectivity index (χ2n) is 12.6. The Balaban J connectivity index is 1.30. The van der Waals surface area contributed by atoms with Crippen molar-refractivity contribution in [3.8, 4) is 16.9 Å². The Morgan fingerprint density at radius 2 is 1.67 bits per heavy atom. The second kappa shape index (κ2) is 13.2. The molecule has 3 aliphatic rings. The summed E-state index contributed by atoms with van der Waals surface area (Å²) in [6.07, 6.45) is 6.21. The molecule has 0 aliphatic carbocycles. The third-order valence-electron chi connectivity index (χ3n) is 9.42. The summed E-state index contributed by atoms with van der Waals surface area (Å²) in [5.41, 5.74) is 5.71. The summed E-state index contributed by atoms with van der Waals surface area (Å²) in [4.78, 5) is 22.8. The van der Waals surface area contributed by atoms with Crippen LogP contribution in [0, 0.1) is 0 Å². The third kappa shape index (κ3) is 6.37. The molecule has 2 aromatic heterocycles. The number of piperazine rings is 1. The zero-order valence-corrected chi connectivity index (χ0v) is 26.5. The number of ether oxygens (including phenoxy) is 2. The first-order valence-electron chi connectivity index (χ1n) is 16.0. The lowest BCUT2D eigenvalue weighted by atomic mass is 10.00. The quantitative estimate of drug-likeness (QED) is 0.387. The first-order chi connectivity index (χ1) is 20.9. The number of likely N-dealkylation sites (N-methyl/N-ethyl adjacent to an activating group) is 1. The molecule has 232 valence electrons. The van der Waals surface area contributed by atoms with Gasteiger partial charge in [0, 0.05) is 83.4 Å². The molecule has 6 rings (SSSR count). The van der Waals surface area contributed by atoms with Crippen LogP contribution in [0.1, 0.15) is 51.1 Å². The number of piperidine rings is 1. The van der Waals surface area contributed by atoms with Crippen molar-refractivity contribution < 1.29 is 9.47 Å².